The van der Waals surface area contributed by atoms with Crippen LogP contribution in [0.5, 0.6) is 0 Å². The molecule has 7 atom stereocenters. The number of carbonyl (C=O) groups excluding carboxylic acids is 2. The van der Waals surface area contributed by atoms with E-state index in [2.05, 4.69) is 10.6 Å². The standard InChI is InChI=1S/C15H26N2O8/c1-6-8(17-14(22)25-15(2,3)4)12(21)16-9-11(20)10(19)7(5-18)24-13(9)23-6/h6-11,13,18-20H,5H2,1-4H3,(H,16,21)(H,17,22)/t6-,7+,8-,9+,10+,11+,13+/m0/s1. The summed E-state index contributed by atoms with van der Waals surface area (Å²) >= 11 is 0. The minimum absolute atomic E-state index is 0.521. The molecule has 0 aromatic heterocycles. The van der Waals surface area contributed by atoms with Gasteiger partial charge in [-0.1, -0.05) is 0 Å². The van der Waals surface area contributed by atoms with Gasteiger partial charge in [0.1, 0.15) is 36.0 Å². The highest BCUT2D eigenvalue weighted by Gasteiger charge is 2.49. The number of ether oxygens (including phenoxy) is 3. The van der Waals surface area contributed by atoms with Crippen LogP contribution in [0.1, 0.15) is 27.7 Å². The zero-order chi connectivity index (χ0) is 18.9. The minimum Gasteiger partial charge on any atom is -0.444 e. The second kappa shape index (κ2) is 7.42. The van der Waals surface area contributed by atoms with E-state index in [0.29, 0.717) is 0 Å². The Labute approximate surface area is 145 Å². The molecule has 0 bridgehead atoms. The third-order valence-electron chi connectivity index (χ3n) is 3.96. The van der Waals surface area contributed by atoms with Crippen LogP contribution in [0, 0.1) is 0 Å². The van der Waals surface area contributed by atoms with E-state index < -0.39 is 67.0 Å². The first-order valence-electron chi connectivity index (χ1n) is 8.11. The fraction of sp³-hybridized carbons (Fsp3) is 0.867. The van der Waals surface area contributed by atoms with Crippen molar-refractivity contribution in [3.63, 3.8) is 0 Å². The van der Waals surface area contributed by atoms with E-state index >= 15 is 0 Å². The molecule has 0 radical (unpaired) electrons. The summed E-state index contributed by atoms with van der Waals surface area (Å²) in [5, 5.41) is 34.3. The van der Waals surface area contributed by atoms with E-state index in [1.54, 1.807) is 27.7 Å². The lowest BCUT2D eigenvalue weighted by Crippen LogP contribution is -2.64. The number of aliphatic hydroxyl groups excluding tert-OH is 3. The summed E-state index contributed by atoms with van der Waals surface area (Å²) in [5.41, 5.74) is -0.735. The molecule has 2 saturated heterocycles. The first-order chi connectivity index (χ1) is 11.5. The van der Waals surface area contributed by atoms with Gasteiger partial charge in [-0.2, -0.15) is 0 Å². The number of aliphatic hydroxyl groups is 3. The largest absolute Gasteiger partial charge is 0.444 e. The monoisotopic (exact) mass is 362 g/mol. The van der Waals surface area contributed by atoms with Crippen LogP contribution in [0.25, 0.3) is 0 Å². The van der Waals surface area contributed by atoms with Crippen molar-refractivity contribution in [2.45, 2.75) is 76.1 Å². The number of fused-ring (bicyclic) bond motifs is 1. The molecular weight excluding hydrogens is 336 g/mol. The number of amides is 2. The van der Waals surface area contributed by atoms with Crippen LogP contribution in [-0.2, 0) is 19.0 Å². The molecule has 2 fully saturated rings. The average Bonchev–Trinajstić information content (AvgIpc) is 2.60. The van der Waals surface area contributed by atoms with E-state index in [9.17, 15) is 24.9 Å². The predicted molar refractivity (Wildman–Crippen MR) is 83.4 cm³/mol. The summed E-state index contributed by atoms with van der Waals surface area (Å²) in [5.74, 6) is -0.608. The molecule has 0 unspecified atom stereocenters. The molecule has 2 aliphatic heterocycles. The van der Waals surface area contributed by atoms with E-state index in [-0.39, 0.29) is 0 Å². The Morgan fingerprint density at radius 3 is 2.48 bits per heavy atom. The second-order valence-electron chi connectivity index (χ2n) is 7.21. The van der Waals surface area contributed by atoms with Gasteiger partial charge < -0.3 is 40.2 Å². The molecule has 0 spiro atoms. The van der Waals surface area contributed by atoms with Crippen molar-refractivity contribution in [1.82, 2.24) is 10.6 Å². The lowest BCUT2D eigenvalue weighted by atomic mass is 9.97. The zero-order valence-corrected chi connectivity index (χ0v) is 14.6. The number of alkyl carbamates (subject to hydrolysis) is 1. The van der Waals surface area contributed by atoms with Gasteiger partial charge in [-0.3, -0.25) is 4.79 Å². The third-order valence-corrected chi connectivity index (χ3v) is 3.96. The molecule has 5 N–H and O–H groups in total. The highest BCUT2D eigenvalue weighted by atomic mass is 16.7. The van der Waals surface area contributed by atoms with Gasteiger partial charge in [0.25, 0.3) is 0 Å². The normalized spacial score (nSPS) is 39.0. The molecule has 0 aromatic rings. The number of rotatable bonds is 2. The Morgan fingerprint density at radius 1 is 1.28 bits per heavy atom. The van der Waals surface area contributed by atoms with Crippen molar-refractivity contribution in [2.75, 3.05) is 6.61 Å². The minimum atomic E-state index is -1.40. The average molecular weight is 362 g/mol. The van der Waals surface area contributed by atoms with Crippen LogP contribution in [0.2, 0.25) is 0 Å². The number of nitrogens with one attached hydrogen (secondary N) is 2. The third kappa shape index (κ3) is 4.59. The van der Waals surface area contributed by atoms with Crippen LogP contribution in [-0.4, -0.2) is 82.3 Å². The molecule has 0 aliphatic carbocycles. The first-order valence-corrected chi connectivity index (χ1v) is 8.11. The summed E-state index contributed by atoms with van der Waals surface area (Å²) in [6.07, 6.45) is -6.50. The van der Waals surface area contributed by atoms with E-state index in [1.807, 2.05) is 0 Å². The van der Waals surface area contributed by atoms with Crippen LogP contribution in [0.15, 0.2) is 0 Å². The fourth-order valence-electron chi connectivity index (χ4n) is 2.73. The molecule has 2 heterocycles. The number of hydrogen-bond acceptors (Lipinski definition) is 8. The molecule has 0 saturated carbocycles. The summed E-state index contributed by atoms with van der Waals surface area (Å²) in [4.78, 5) is 24.4. The maximum atomic E-state index is 12.4. The molecule has 2 aliphatic rings. The number of carbonyl (C=O) groups is 2. The Kier molecular flexibility index (Phi) is 5.89. The van der Waals surface area contributed by atoms with E-state index in [4.69, 9.17) is 14.2 Å². The van der Waals surface area contributed by atoms with Gasteiger partial charge in [-0.25, -0.2) is 4.79 Å². The maximum absolute atomic E-state index is 12.4. The lowest BCUT2D eigenvalue weighted by molar-refractivity contribution is -0.276. The van der Waals surface area contributed by atoms with Gasteiger partial charge in [-0.15, -0.1) is 0 Å². The molecular formula is C15H26N2O8. The molecule has 0 aromatic carbocycles. The van der Waals surface area contributed by atoms with Crippen LogP contribution < -0.4 is 10.6 Å². The van der Waals surface area contributed by atoms with Crippen molar-refractivity contribution in [2.24, 2.45) is 0 Å². The summed E-state index contributed by atoms with van der Waals surface area (Å²) in [7, 11) is 0. The van der Waals surface area contributed by atoms with Gasteiger partial charge in [0.2, 0.25) is 5.91 Å². The Balaban J connectivity index is 2.12. The van der Waals surface area contributed by atoms with Gasteiger partial charge in [0.15, 0.2) is 6.29 Å². The zero-order valence-electron chi connectivity index (χ0n) is 14.6. The molecule has 25 heavy (non-hydrogen) atoms. The van der Waals surface area contributed by atoms with E-state index in [0.717, 1.165) is 0 Å². The van der Waals surface area contributed by atoms with Gasteiger partial charge in [0.05, 0.1) is 12.7 Å². The molecule has 2 amide bonds. The summed E-state index contributed by atoms with van der Waals surface area (Å²) < 4.78 is 16.2. The van der Waals surface area contributed by atoms with Crippen molar-refractivity contribution in [3.05, 3.63) is 0 Å². The van der Waals surface area contributed by atoms with Gasteiger partial charge >= 0.3 is 6.09 Å². The molecule has 10 nitrogen and oxygen atoms in total. The first kappa shape index (κ1) is 19.9. The Morgan fingerprint density at radius 2 is 1.92 bits per heavy atom. The molecule has 10 heteroatoms. The second-order valence-corrected chi connectivity index (χ2v) is 7.21. The van der Waals surface area contributed by atoms with Crippen molar-refractivity contribution < 1.29 is 39.1 Å². The predicted octanol–water partition coefficient (Wildman–Crippen LogP) is -1.78. The van der Waals surface area contributed by atoms with Crippen molar-refractivity contribution in [1.29, 1.82) is 0 Å². The van der Waals surface area contributed by atoms with Crippen LogP contribution >= 0.6 is 0 Å². The summed E-state index contributed by atoms with van der Waals surface area (Å²) in [6, 6.07) is -2.13. The van der Waals surface area contributed by atoms with E-state index in [1.165, 1.54) is 0 Å². The Hall–Kier alpha value is -1.46. The molecule has 144 valence electrons. The van der Waals surface area contributed by atoms with Crippen molar-refractivity contribution >= 4 is 12.0 Å². The SMILES string of the molecule is C[C@@H]1O[C@@H]2O[C@H](CO)[C@@H](O)[C@H](O)[C@H]2NC(=O)[C@H]1NC(=O)OC(C)(C)C. The maximum Gasteiger partial charge on any atom is 0.408 e. The van der Waals surface area contributed by atoms with Crippen LogP contribution in [0.4, 0.5) is 4.79 Å². The quantitative estimate of drug-likeness (QED) is 0.387. The van der Waals surface area contributed by atoms with Gasteiger partial charge in [-0.05, 0) is 27.7 Å². The fourth-order valence-corrected chi connectivity index (χ4v) is 2.73. The number of hydrogen-bond donors (Lipinski definition) is 5. The lowest BCUT2D eigenvalue weighted by Gasteiger charge is -2.41. The highest BCUT2D eigenvalue weighted by Crippen LogP contribution is 2.25. The van der Waals surface area contributed by atoms with Crippen molar-refractivity contribution in [3.8, 4) is 0 Å². The Bertz CT molecular complexity index is 508. The van der Waals surface area contributed by atoms with Crippen LogP contribution in [0.3, 0.4) is 0 Å². The van der Waals surface area contributed by atoms with Gasteiger partial charge in [0, 0.05) is 0 Å². The smallest absolute Gasteiger partial charge is 0.408 e. The topological polar surface area (TPSA) is 147 Å². The highest BCUT2D eigenvalue weighted by molar-refractivity contribution is 5.86. The summed E-state index contributed by atoms with van der Waals surface area (Å²) in [6.45, 7) is 6.10. The molecule has 2 rings (SSSR count).